The molecule has 2 aromatic carbocycles. The Hall–Kier alpha value is -4.68. The van der Waals surface area contributed by atoms with E-state index in [2.05, 4.69) is 15.4 Å². The lowest BCUT2D eigenvalue weighted by Gasteiger charge is -2.26. The van der Waals surface area contributed by atoms with Crippen molar-refractivity contribution in [3.05, 3.63) is 71.1 Å². The molecule has 0 radical (unpaired) electrons. The van der Waals surface area contributed by atoms with Gasteiger partial charge in [0, 0.05) is 30.4 Å². The zero-order valence-corrected chi connectivity index (χ0v) is 25.7. The van der Waals surface area contributed by atoms with Gasteiger partial charge in [-0.2, -0.15) is 4.39 Å². The van der Waals surface area contributed by atoms with Crippen LogP contribution >= 0.6 is 0 Å². The molecule has 10 nitrogen and oxygen atoms in total. The van der Waals surface area contributed by atoms with Gasteiger partial charge in [-0.25, -0.2) is 8.78 Å². The van der Waals surface area contributed by atoms with Crippen LogP contribution < -0.4 is 15.4 Å². The number of ether oxygens (including phenoxy) is 2. The lowest BCUT2D eigenvalue weighted by Crippen LogP contribution is -2.49. The molecule has 13 heteroatoms. The molecule has 3 amide bonds. The van der Waals surface area contributed by atoms with E-state index < -0.39 is 77.7 Å². The summed E-state index contributed by atoms with van der Waals surface area (Å²) in [6, 6.07) is 5.91. The zero-order valence-electron chi connectivity index (χ0n) is 25.7. The lowest BCUT2D eigenvalue weighted by atomic mass is 9.86. The van der Waals surface area contributed by atoms with E-state index in [-0.39, 0.29) is 30.5 Å². The maximum Gasteiger partial charge on any atom is 0.313 e. The number of hydrogen-bond donors (Lipinski definition) is 2. The molecule has 3 rings (SSSR count). The average Bonchev–Trinajstić information content (AvgIpc) is 3.25. The summed E-state index contributed by atoms with van der Waals surface area (Å²) in [6.07, 6.45) is 2.80. The number of para-hydroxylation sites is 1. The highest BCUT2D eigenvalue weighted by molar-refractivity contribution is 6.39. The van der Waals surface area contributed by atoms with E-state index in [1.807, 2.05) is 32.9 Å². The summed E-state index contributed by atoms with van der Waals surface area (Å²) in [4.78, 5) is 65.6. The molecular weight excluding hydrogens is 595 g/mol. The zero-order chi connectivity index (χ0) is 33.5. The first kappa shape index (κ1) is 34.8. The predicted molar refractivity (Wildman–Crippen MR) is 158 cm³/mol. The van der Waals surface area contributed by atoms with Gasteiger partial charge in [-0.3, -0.25) is 24.0 Å². The molecule has 2 aromatic rings. The Labute approximate surface area is 258 Å². The third kappa shape index (κ3) is 8.93. The number of benzene rings is 2. The second-order valence-corrected chi connectivity index (χ2v) is 11.6. The molecule has 0 aromatic heterocycles. The van der Waals surface area contributed by atoms with Crippen molar-refractivity contribution in [1.82, 2.24) is 10.2 Å². The highest BCUT2D eigenvalue weighted by Gasteiger charge is 2.33. The summed E-state index contributed by atoms with van der Waals surface area (Å²) >= 11 is 0. The number of carbonyl (C=O) groups is 5. The van der Waals surface area contributed by atoms with Gasteiger partial charge < -0.3 is 25.0 Å². The SMILES string of the molecule is COC(=O)C[C@H](NC(=O)[C@@H]1CC=CCN(C(=O)C(=O)Nc2ccccc2C(C)(C)C)C1)C(=O)COc1c(C)c(F)cc(F)c1F. The molecule has 1 aliphatic heterocycles. The number of rotatable bonds is 9. The predicted octanol–water partition coefficient (Wildman–Crippen LogP) is 3.75. The fourth-order valence-corrected chi connectivity index (χ4v) is 4.66. The van der Waals surface area contributed by atoms with Gasteiger partial charge in [-0.15, -0.1) is 0 Å². The first-order valence-corrected chi connectivity index (χ1v) is 14.2. The van der Waals surface area contributed by atoms with Crippen LogP contribution in [0.2, 0.25) is 0 Å². The van der Waals surface area contributed by atoms with Gasteiger partial charge in [0.1, 0.15) is 18.5 Å². The minimum absolute atomic E-state index is 0.0461. The molecule has 0 saturated carbocycles. The van der Waals surface area contributed by atoms with Gasteiger partial charge in [0.25, 0.3) is 0 Å². The molecule has 2 atom stereocenters. The van der Waals surface area contributed by atoms with Crippen LogP contribution in [0.1, 0.15) is 44.7 Å². The maximum absolute atomic E-state index is 14.2. The molecule has 0 saturated heterocycles. The molecule has 0 fully saturated rings. The maximum atomic E-state index is 14.2. The van der Waals surface area contributed by atoms with Gasteiger partial charge in [-0.05, 0) is 30.4 Å². The second kappa shape index (κ2) is 14.9. The van der Waals surface area contributed by atoms with Crippen LogP contribution in [-0.2, 0) is 34.1 Å². The Morgan fingerprint density at radius 1 is 1.04 bits per heavy atom. The van der Waals surface area contributed by atoms with Crippen LogP contribution in [0, 0.1) is 30.3 Å². The topological polar surface area (TPSA) is 131 Å². The Kier molecular flexibility index (Phi) is 11.5. The van der Waals surface area contributed by atoms with E-state index in [0.29, 0.717) is 11.8 Å². The molecule has 0 spiro atoms. The highest BCUT2D eigenvalue weighted by atomic mass is 19.2. The number of halogens is 3. The fourth-order valence-electron chi connectivity index (χ4n) is 4.66. The van der Waals surface area contributed by atoms with Crippen LogP contribution in [-0.4, -0.2) is 67.2 Å². The summed E-state index contributed by atoms with van der Waals surface area (Å²) in [5.74, 6) is -10.1. The minimum atomic E-state index is -1.52. The molecule has 0 aliphatic carbocycles. The van der Waals surface area contributed by atoms with E-state index in [1.54, 1.807) is 24.3 Å². The van der Waals surface area contributed by atoms with Crippen molar-refractivity contribution in [2.45, 2.75) is 52.0 Å². The van der Waals surface area contributed by atoms with E-state index in [4.69, 9.17) is 4.74 Å². The first-order valence-electron chi connectivity index (χ1n) is 14.2. The summed E-state index contributed by atoms with van der Waals surface area (Å²) in [7, 11) is 1.07. The summed E-state index contributed by atoms with van der Waals surface area (Å²) in [6.45, 7) is 5.95. The van der Waals surface area contributed by atoms with Crippen molar-refractivity contribution >= 4 is 35.2 Å². The van der Waals surface area contributed by atoms with E-state index in [9.17, 15) is 37.1 Å². The number of allylic oxidation sites excluding steroid dienone is 1. The number of Topliss-reactive ketones (excluding diaryl/α,β-unsaturated/α-hetero) is 1. The van der Waals surface area contributed by atoms with Gasteiger partial charge in [0.05, 0.1) is 19.4 Å². The Balaban J connectivity index is 1.72. The second-order valence-electron chi connectivity index (χ2n) is 11.6. The average molecular weight is 632 g/mol. The number of carbonyl (C=O) groups excluding carboxylic acids is 5. The largest absolute Gasteiger partial charge is 0.482 e. The number of methoxy groups -OCH3 is 1. The Bertz CT molecular complexity index is 1480. The van der Waals surface area contributed by atoms with E-state index in [0.717, 1.165) is 19.6 Å². The van der Waals surface area contributed by atoms with Crippen molar-refractivity contribution in [2.24, 2.45) is 5.92 Å². The Morgan fingerprint density at radius 3 is 2.40 bits per heavy atom. The molecule has 1 aliphatic rings. The summed E-state index contributed by atoms with van der Waals surface area (Å²) in [5, 5.41) is 5.09. The third-order valence-corrected chi connectivity index (χ3v) is 7.21. The number of hydrogen-bond acceptors (Lipinski definition) is 7. The van der Waals surface area contributed by atoms with Gasteiger partial charge in [0.2, 0.25) is 11.7 Å². The van der Waals surface area contributed by atoms with Gasteiger partial charge in [-0.1, -0.05) is 51.1 Å². The van der Waals surface area contributed by atoms with Crippen LogP contribution in [0.3, 0.4) is 0 Å². The number of nitrogens with one attached hydrogen (secondary N) is 2. The number of ketones is 1. The number of nitrogens with zero attached hydrogens (tertiary/aromatic N) is 1. The summed E-state index contributed by atoms with van der Waals surface area (Å²) in [5.41, 5.74) is 0.608. The third-order valence-electron chi connectivity index (χ3n) is 7.21. The van der Waals surface area contributed by atoms with Crippen molar-refractivity contribution < 1.29 is 46.6 Å². The van der Waals surface area contributed by atoms with Gasteiger partial charge in [0.15, 0.2) is 17.3 Å². The molecular formula is C32H36F3N3O7. The minimum Gasteiger partial charge on any atom is -0.482 e. The smallest absolute Gasteiger partial charge is 0.313 e. The van der Waals surface area contributed by atoms with Crippen molar-refractivity contribution in [1.29, 1.82) is 0 Å². The van der Waals surface area contributed by atoms with Gasteiger partial charge >= 0.3 is 17.8 Å². The molecule has 2 N–H and O–H groups in total. The molecule has 0 unspecified atom stereocenters. The lowest BCUT2D eigenvalue weighted by molar-refractivity contribution is -0.144. The monoisotopic (exact) mass is 631 g/mol. The molecule has 45 heavy (non-hydrogen) atoms. The van der Waals surface area contributed by atoms with Crippen molar-refractivity contribution in [2.75, 3.05) is 32.1 Å². The van der Waals surface area contributed by atoms with Crippen LogP contribution in [0.5, 0.6) is 5.75 Å². The van der Waals surface area contributed by atoms with Crippen LogP contribution in [0.25, 0.3) is 0 Å². The van der Waals surface area contributed by atoms with Crippen LogP contribution in [0.15, 0.2) is 42.5 Å². The van der Waals surface area contributed by atoms with Crippen LogP contribution in [0.4, 0.5) is 18.9 Å². The van der Waals surface area contributed by atoms with E-state index >= 15 is 0 Å². The standard InChI is InChI=1S/C32H36F3N3O7/c1-18-21(33)14-22(34)27(35)28(18)45-17-25(39)24(15-26(40)44-5)37-29(41)19-10-8-9-13-38(16-19)31(43)30(42)36-23-12-7-6-11-20(23)32(2,3)4/h6-9,11-12,14,19,24H,10,13,15-17H2,1-5H3,(H,36,42)(H,37,41)/t19-,24+/m1/s1. The van der Waals surface area contributed by atoms with Crippen molar-refractivity contribution in [3.63, 3.8) is 0 Å². The fraction of sp³-hybridized carbons (Fsp3) is 0.406. The summed E-state index contributed by atoms with van der Waals surface area (Å²) < 4.78 is 51.5. The normalized spacial score (nSPS) is 15.5. The number of amides is 3. The highest BCUT2D eigenvalue weighted by Crippen LogP contribution is 2.30. The molecule has 242 valence electrons. The van der Waals surface area contributed by atoms with E-state index in [1.165, 1.54) is 4.90 Å². The number of esters is 1. The number of anilines is 1. The first-order chi connectivity index (χ1) is 21.1. The van der Waals surface area contributed by atoms with Crippen molar-refractivity contribution in [3.8, 4) is 5.75 Å². The Morgan fingerprint density at radius 2 is 1.73 bits per heavy atom. The molecule has 1 heterocycles. The molecule has 0 bridgehead atoms. The quantitative estimate of drug-likeness (QED) is 0.187.